The van der Waals surface area contributed by atoms with E-state index >= 15 is 0 Å². The molecule has 2 aromatic rings. The molecule has 0 spiro atoms. The quantitative estimate of drug-likeness (QED) is 0.702. The summed E-state index contributed by atoms with van der Waals surface area (Å²) in [5.74, 6) is 0.596. The zero-order valence-corrected chi connectivity index (χ0v) is 8.38. The molecule has 2 heterocycles. The zero-order chi connectivity index (χ0) is 9.54. The van der Waals surface area contributed by atoms with Crippen molar-refractivity contribution in [2.24, 2.45) is 0 Å². The molecule has 0 unspecified atom stereocenters. The van der Waals surface area contributed by atoms with Gasteiger partial charge in [0.25, 0.3) is 0 Å². The number of nitrogens with zero attached hydrogens (tertiary/aromatic N) is 1. The standard InChI is InChI=1S/C11H9NOS/c13-6-9-10(7-3-4-7)11-8(14-9)2-1-5-12-11/h1-2,5-7H,3-4H2. The van der Waals surface area contributed by atoms with Crippen LogP contribution in [0.4, 0.5) is 0 Å². The summed E-state index contributed by atoms with van der Waals surface area (Å²) in [5.41, 5.74) is 2.24. The number of aromatic nitrogens is 1. The summed E-state index contributed by atoms with van der Waals surface area (Å²) in [6.45, 7) is 0. The molecule has 0 aromatic carbocycles. The number of hydrogen-bond donors (Lipinski definition) is 0. The van der Waals surface area contributed by atoms with Gasteiger partial charge in [0, 0.05) is 11.8 Å². The number of carbonyl (C=O) groups excluding carboxylic acids is 1. The van der Waals surface area contributed by atoms with Gasteiger partial charge >= 0.3 is 0 Å². The average molecular weight is 203 g/mol. The number of hydrogen-bond acceptors (Lipinski definition) is 3. The summed E-state index contributed by atoms with van der Waals surface area (Å²) < 4.78 is 1.14. The molecular formula is C11H9NOS. The Morgan fingerprint density at radius 3 is 3.07 bits per heavy atom. The fraction of sp³-hybridized carbons (Fsp3) is 0.273. The third-order valence-corrected chi connectivity index (χ3v) is 3.69. The Morgan fingerprint density at radius 2 is 2.36 bits per heavy atom. The van der Waals surface area contributed by atoms with Gasteiger partial charge in [0.05, 0.1) is 15.1 Å². The summed E-state index contributed by atoms with van der Waals surface area (Å²) >= 11 is 1.56. The monoisotopic (exact) mass is 203 g/mol. The Balaban J connectivity index is 2.35. The van der Waals surface area contributed by atoms with E-state index in [1.54, 1.807) is 17.5 Å². The number of aldehydes is 1. The zero-order valence-electron chi connectivity index (χ0n) is 7.56. The molecule has 1 saturated carbocycles. The highest BCUT2D eigenvalue weighted by atomic mass is 32.1. The van der Waals surface area contributed by atoms with E-state index in [9.17, 15) is 4.79 Å². The van der Waals surface area contributed by atoms with Crippen LogP contribution < -0.4 is 0 Å². The summed E-state index contributed by atoms with van der Waals surface area (Å²) in [4.78, 5) is 16.2. The van der Waals surface area contributed by atoms with Gasteiger partial charge < -0.3 is 0 Å². The molecule has 70 valence electrons. The Labute approximate surface area is 85.6 Å². The second-order valence-corrected chi connectivity index (χ2v) is 4.71. The summed E-state index contributed by atoms with van der Waals surface area (Å²) in [5, 5.41) is 0. The molecule has 0 bridgehead atoms. The van der Waals surface area contributed by atoms with Gasteiger partial charge in [-0.3, -0.25) is 9.78 Å². The summed E-state index contributed by atoms with van der Waals surface area (Å²) in [6, 6.07) is 3.95. The van der Waals surface area contributed by atoms with E-state index in [2.05, 4.69) is 4.98 Å². The molecule has 2 nitrogen and oxygen atoms in total. The van der Waals surface area contributed by atoms with Gasteiger partial charge in [0.15, 0.2) is 6.29 Å². The lowest BCUT2D eigenvalue weighted by Gasteiger charge is -1.94. The highest BCUT2D eigenvalue weighted by Gasteiger charge is 2.29. The van der Waals surface area contributed by atoms with Crippen LogP contribution >= 0.6 is 11.3 Å². The van der Waals surface area contributed by atoms with Crippen LogP contribution in [0.15, 0.2) is 18.3 Å². The van der Waals surface area contributed by atoms with Crippen molar-refractivity contribution in [3.05, 3.63) is 28.8 Å². The second kappa shape index (κ2) is 2.89. The average Bonchev–Trinajstić information content (AvgIpc) is 2.98. The van der Waals surface area contributed by atoms with Gasteiger partial charge in [-0.1, -0.05) is 0 Å². The molecule has 2 aromatic heterocycles. The maximum Gasteiger partial charge on any atom is 0.160 e. The molecule has 3 heteroatoms. The van der Waals surface area contributed by atoms with Crippen molar-refractivity contribution in [2.75, 3.05) is 0 Å². The van der Waals surface area contributed by atoms with E-state index < -0.39 is 0 Å². The van der Waals surface area contributed by atoms with Crippen LogP contribution in [0.5, 0.6) is 0 Å². The fourth-order valence-electron chi connectivity index (χ4n) is 1.82. The van der Waals surface area contributed by atoms with E-state index in [1.165, 1.54) is 18.4 Å². The Kier molecular flexibility index (Phi) is 1.67. The fourth-order valence-corrected chi connectivity index (χ4v) is 2.88. The van der Waals surface area contributed by atoms with Crippen LogP contribution in [0.3, 0.4) is 0 Å². The molecule has 3 rings (SSSR count). The van der Waals surface area contributed by atoms with Gasteiger partial charge in [-0.05, 0) is 30.9 Å². The van der Waals surface area contributed by atoms with Crippen molar-refractivity contribution in [1.29, 1.82) is 0 Å². The SMILES string of the molecule is O=Cc1sc2cccnc2c1C1CC1. The molecule has 0 saturated heterocycles. The van der Waals surface area contributed by atoms with Crippen molar-refractivity contribution in [3.8, 4) is 0 Å². The molecular weight excluding hydrogens is 194 g/mol. The molecule has 0 N–H and O–H groups in total. The van der Waals surface area contributed by atoms with E-state index in [0.717, 1.165) is 21.4 Å². The first kappa shape index (κ1) is 8.12. The first-order valence-corrected chi connectivity index (χ1v) is 5.54. The van der Waals surface area contributed by atoms with Gasteiger partial charge in [-0.15, -0.1) is 11.3 Å². The molecule has 0 atom stereocenters. The van der Waals surface area contributed by atoms with Gasteiger partial charge in [0.1, 0.15) is 0 Å². The lowest BCUT2D eigenvalue weighted by atomic mass is 10.1. The van der Waals surface area contributed by atoms with Crippen LogP contribution in [0.2, 0.25) is 0 Å². The minimum Gasteiger partial charge on any atom is -0.297 e. The highest BCUT2D eigenvalue weighted by molar-refractivity contribution is 7.20. The molecule has 1 aliphatic carbocycles. The predicted octanol–water partition coefficient (Wildman–Crippen LogP) is 2.99. The maximum absolute atomic E-state index is 10.9. The smallest absolute Gasteiger partial charge is 0.160 e. The molecule has 0 amide bonds. The van der Waals surface area contributed by atoms with Crippen LogP contribution in [0, 0.1) is 0 Å². The van der Waals surface area contributed by atoms with Crippen molar-refractivity contribution < 1.29 is 4.79 Å². The first-order valence-electron chi connectivity index (χ1n) is 4.72. The number of rotatable bonds is 2. The molecule has 14 heavy (non-hydrogen) atoms. The maximum atomic E-state index is 10.9. The van der Waals surface area contributed by atoms with Crippen molar-refractivity contribution in [1.82, 2.24) is 4.98 Å². The van der Waals surface area contributed by atoms with Crippen molar-refractivity contribution in [3.63, 3.8) is 0 Å². The van der Waals surface area contributed by atoms with Crippen LogP contribution in [-0.2, 0) is 0 Å². The highest BCUT2D eigenvalue weighted by Crippen LogP contribution is 2.46. The summed E-state index contributed by atoms with van der Waals surface area (Å²) in [7, 11) is 0. The first-order chi connectivity index (χ1) is 6.90. The Morgan fingerprint density at radius 1 is 1.50 bits per heavy atom. The number of carbonyl (C=O) groups is 1. The number of fused-ring (bicyclic) bond motifs is 1. The van der Waals surface area contributed by atoms with E-state index in [1.807, 2.05) is 12.1 Å². The molecule has 1 aliphatic rings. The molecule has 1 fully saturated rings. The minimum atomic E-state index is 0.596. The summed E-state index contributed by atoms with van der Waals surface area (Å²) in [6.07, 6.45) is 5.20. The predicted molar refractivity (Wildman–Crippen MR) is 57.0 cm³/mol. The Hall–Kier alpha value is -1.22. The third kappa shape index (κ3) is 1.09. The normalized spacial score (nSPS) is 16.0. The van der Waals surface area contributed by atoms with Crippen molar-refractivity contribution in [2.45, 2.75) is 18.8 Å². The second-order valence-electron chi connectivity index (χ2n) is 3.62. The van der Waals surface area contributed by atoms with Crippen LogP contribution in [-0.4, -0.2) is 11.3 Å². The lowest BCUT2D eigenvalue weighted by molar-refractivity contribution is 0.112. The van der Waals surface area contributed by atoms with Gasteiger partial charge in [-0.2, -0.15) is 0 Å². The molecule has 0 radical (unpaired) electrons. The molecule has 0 aliphatic heterocycles. The number of thiophene rings is 1. The minimum absolute atomic E-state index is 0.596. The largest absolute Gasteiger partial charge is 0.297 e. The van der Waals surface area contributed by atoms with Gasteiger partial charge in [0.2, 0.25) is 0 Å². The van der Waals surface area contributed by atoms with Crippen molar-refractivity contribution >= 4 is 27.8 Å². The third-order valence-electron chi connectivity index (χ3n) is 2.60. The topological polar surface area (TPSA) is 30.0 Å². The number of pyridine rings is 1. The van der Waals surface area contributed by atoms with Crippen LogP contribution in [0.25, 0.3) is 10.2 Å². The van der Waals surface area contributed by atoms with Gasteiger partial charge in [-0.25, -0.2) is 0 Å². The lowest BCUT2D eigenvalue weighted by Crippen LogP contribution is -1.84. The van der Waals surface area contributed by atoms with Crippen LogP contribution in [0.1, 0.15) is 34.0 Å². The van der Waals surface area contributed by atoms with E-state index in [-0.39, 0.29) is 0 Å². The van der Waals surface area contributed by atoms with E-state index in [0.29, 0.717) is 5.92 Å². The Bertz CT molecular complexity index is 499. The van der Waals surface area contributed by atoms with E-state index in [4.69, 9.17) is 0 Å².